The van der Waals surface area contributed by atoms with Crippen molar-refractivity contribution in [1.29, 1.82) is 0 Å². The third-order valence-electron chi connectivity index (χ3n) is 2.75. The van der Waals surface area contributed by atoms with Crippen LogP contribution >= 0.6 is 43.5 Å². The molecule has 0 bridgehead atoms. The van der Waals surface area contributed by atoms with Gasteiger partial charge in [-0.2, -0.15) is 0 Å². The molecule has 2 aromatic carbocycles. The van der Waals surface area contributed by atoms with Crippen LogP contribution in [0.1, 0.15) is 17.2 Å². The first-order valence-electron chi connectivity index (χ1n) is 5.54. The van der Waals surface area contributed by atoms with Crippen molar-refractivity contribution in [2.75, 3.05) is 0 Å². The van der Waals surface area contributed by atoms with Crippen molar-refractivity contribution >= 4 is 43.5 Å². The molecule has 0 aromatic heterocycles. The van der Waals surface area contributed by atoms with Crippen LogP contribution in [0.15, 0.2) is 45.3 Å². The molecule has 0 amide bonds. The van der Waals surface area contributed by atoms with Gasteiger partial charge in [-0.15, -0.1) is 0 Å². The number of hydrogen-bond donors (Lipinski definition) is 1. The fourth-order valence-corrected chi connectivity index (χ4v) is 3.04. The van der Waals surface area contributed by atoms with Crippen LogP contribution in [-0.2, 0) is 6.42 Å². The summed E-state index contributed by atoms with van der Waals surface area (Å²) in [6.07, 6.45) is -0.488. The van der Waals surface area contributed by atoms with Crippen molar-refractivity contribution in [3.63, 3.8) is 0 Å². The van der Waals surface area contributed by atoms with Gasteiger partial charge in [0.1, 0.15) is 5.82 Å². The van der Waals surface area contributed by atoms with E-state index in [9.17, 15) is 9.50 Å². The Morgan fingerprint density at radius 3 is 2.58 bits per heavy atom. The number of halogens is 4. The lowest BCUT2D eigenvalue weighted by atomic mass is 10.0. The van der Waals surface area contributed by atoms with Crippen LogP contribution in [0.5, 0.6) is 0 Å². The Morgan fingerprint density at radius 2 is 1.89 bits per heavy atom. The predicted octanol–water partition coefficient (Wildman–Crippen LogP) is 5.28. The van der Waals surface area contributed by atoms with Gasteiger partial charge in [0, 0.05) is 20.4 Å². The third kappa shape index (κ3) is 3.78. The molecule has 0 heterocycles. The van der Waals surface area contributed by atoms with Crippen LogP contribution in [0.25, 0.3) is 0 Å². The standard InChI is InChI=1S/C14H10Br2ClFO/c15-9-2-1-8(13(17)6-9)5-14(19)11-7-10(18)3-4-12(11)16/h1-4,6-7,14,19H,5H2. The number of benzene rings is 2. The normalized spacial score (nSPS) is 12.5. The summed E-state index contributed by atoms with van der Waals surface area (Å²) in [4.78, 5) is 0. The summed E-state index contributed by atoms with van der Waals surface area (Å²) in [7, 11) is 0. The molecule has 1 atom stereocenters. The first-order chi connectivity index (χ1) is 8.97. The molecular formula is C14H10Br2ClFO. The van der Waals surface area contributed by atoms with E-state index in [0.29, 0.717) is 21.5 Å². The van der Waals surface area contributed by atoms with Gasteiger partial charge in [0.25, 0.3) is 0 Å². The molecule has 2 rings (SSSR count). The highest BCUT2D eigenvalue weighted by Crippen LogP contribution is 2.30. The van der Waals surface area contributed by atoms with E-state index >= 15 is 0 Å². The van der Waals surface area contributed by atoms with E-state index < -0.39 is 6.10 Å². The quantitative estimate of drug-likeness (QED) is 0.733. The first kappa shape index (κ1) is 15.0. The lowest BCUT2D eigenvalue weighted by Crippen LogP contribution is -2.04. The van der Waals surface area contributed by atoms with E-state index in [0.717, 1.165) is 10.0 Å². The van der Waals surface area contributed by atoms with Gasteiger partial charge in [-0.1, -0.05) is 49.5 Å². The molecule has 0 saturated carbocycles. The lowest BCUT2D eigenvalue weighted by Gasteiger charge is -2.14. The van der Waals surface area contributed by atoms with E-state index in [1.165, 1.54) is 12.1 Å². The second-order valence-corrected chi connectivity index (χ2v) is 6.30. The van der Waals surface area contributed by atoms with Crippen molar-refractivity contribution in [2.24, 2.45) is 0 Å². The number of rotatable bonds is 3. The van der Waals surface area contributed by atoms with Crippen LogP contribution < -0.4 is 0 Å². The van der Waals surface area contributed by atoms with Crippen LogP contribution in [0, 0.1) is 5.82 Å². The summed E-state index contributed by atoms with van der Waals surface area (Å²) in [5.74, 6) is -0.376. The van der Waals surface area contributed by atoms with Crippen molar-refractivity contribution in [2.45, 2.75) is 12.5 Å². The van der Waals surface area contributed by atoms with Gasteiger partial charge in [-0.25, -0.2) is 4.39 Å². The highest BCUT2D eigenvalue weighted by Gasteiger charge is 2.14. The van der Waals surface area contributed by atoms with Crippen molar-refractivity contribution in [3.05, 3.63) is 67.3 Å². The van der Waals surface area contributed by atoms with Gasteiger partial charge in [0.15, 0.2) is 0 Å². The Balaban J connectivity index is 2.25. The molecule has 0 aliphatic rings. The number of hydrogen-bond acceptors (Lipinski definition) is 1. The van der Waals surface area contributed by atoms with Crippen molar-refractivity contribution in [3.8, 4) is 0 Å². The maximum atomic E-state index is 13.2. The Morgan fingerprint density at radius 1 is 1.16 bits per heavy atom. The monoisotopic (exact) mass is 406 g/mol. The van der Waals surface area contributed by atoms with Crippen molar-refractivity contribution in [1.82, 2.24) is 0 Å². The number of aliphatic hydroxyl groups excluding tert-OH is 1. The highest BCUT2D eigenvalue weighted by molar-refractivity contribution is 9.10. The van der Waals surface area contributed by atoms with Gasteiger partial charge >= 0.3 is 0 Å². The summed E-state index contributed by atoms with van der Waals surface area (Å²) in [6, 6.07) is 9.70. The second-order valence-electron chi connectivity index (χ2n) is 4.12. The molecular weight excluding hydrogens is 398 g/mol. The summed E-state index contributed by atoms with van der Waals surface area (Å²) >= 11 is 12.7. The van der Waals surface area contributed by atoms with Gasteiger partial charge < -0.3 is 5.11 Å². The van der Waals surface area contributed by atoms with Gasteiger partial charge in [0.05, 0.1) is 6.10 Å². The summed E-state index contributed by atoms with van der Waals surface area (Å²) < 4.78 is 14.8. The van der Waals surface area contributed by atoms with Crippen LogP contribution in [0.2, 0.25) is 5.02 Å². The zero-order valence-electron chi connectivity index (χ0n) is 9.71. The Kier molecular flexibility index (Phi) is 5.01. The van der Waals surface area contributed by atoms with Gasteiger partial charge in [0.2, 0.25) is 0 Å². The summed E-state index contributed by atoms with van der Waals surface area (Å²) in [5.41, 5.74) is 1.33. The fraction of sp³-hybridized carbons (Fsp3) is 0.143. The van der Waals surface area contributed by atoms with E-state index in [2.05, 4.69) is 31.9 Å². The minimum Gasteiger partial charge on any atom is -0.388 e. The molecule has 100 valence electrons. The highest BCUT2D eigenvalue weighted by atomic mass is 79.9. The maximum Gasteiger partial charge on any atom is 0.123 e. The van der Waals surface area contributed by atoms with E-state index in [-0.39, 0.29) is 5.82 Å². The molecule has 1 nitrogen and oxygen atoms in total. The molecule has 0 saturated heterocycles. The number of aliphatic hydroxyl groups is 1. The SMILES string of the molecule is OC(Cc1ccc(Br)cc1Cl)c1cc(F)ccc1Br. The largest absolute Gasteiger partial charge is 0.388 e. The summed E-state index contributed by atoms with van der Waals surface area (Å²) in [5, 5.41) is 10.8. The van der Waals surface area contributed by atoms with Crippen LogP contribution in [0.3, 0.4) is 0 Å². The van der Waals surface area contributed by atoms with E-state index in [4.69, 9.17) is 11.6 Å². The van der Waals surface area contributed by atoms with Gasteiger partial charge in [-0.3, -0.25) is 0 Å². The zero-order valence-corrected chi connectivity index (χ0v) is 13.6. The lowest BCUT2D eigenvalue weighted by molar-refractivity contribution is 0.177. The van der Waals surface area contributed by atoms with Crippen molar-refractivity contribution < 1.29 is 9.50 Å². The topological polar surface area (TPSA) is 20.2 Å². The summed E-state index contributed by atoms with van der Waals surface area (Å²) in [6.45, 7) is 0. The molecule has 0 spiro atoms. The van der Waals surface area contributed by atoms with E-state index in [1.54, 1.807) is 12.1 Å². The van der Waals surface area contributed by atoms with Crippen LogP contribution in [0.4, 0.5) is 4.39 Å². The van der Waals surface area contributed by atoms with Crippen LogP contribution in [-0.4, -0.2) is 5.11 Å². The Hall–Kier alpha value is -0.420. The molecule has 0 aliphatic heterocycles. The molecule has 1 unspecified atom stereocenters. The fourth-order valence-electron chi connectivity index (χ4n) is 1.78. The predicted molar refractivity (Wildman–Crippen MR) is 81.9 cm³/mol. The second kappa shape index (κ2) is 6.35. The molecule has 0 radical (unpaired) electrons. The van der Waals surface area contributed by atoms with E-state index in [1.807, 2.05) is 12.1 Å². The maximum absolute atomic E-state index is 13.2. The third-order valence-corrected chi connectivity index (χ3v) is 4.31. The molecule has 2 aromatic rings. The minimum absolute atomic E-state index is 0.328. The zero-order chi connectivity index (χ0) is 14.0. The Bertz CT molecular complexity index is 604. The molecule has 1 N–H and O–H groups in total. The first-order valence-corrected chi connectivity index (χ1v) is 7.50. The van der Waals surface area contributed by atoms with Gasteiger partial charge in [-0.05, 0) is 41.5 Å². The Labute approximate surface area is 132 Å². The minimum atomic E-state index is -0.816. The molecule has 0 fully saturated rings. The molecule has 5 heteroatoms. The smallest absolute Gasteiger partial charge is 0.123 e. The average molecular weight is 408 g/mol. The average Bonchev–Trinajstić information content (AvgIpc) is 2.35. The molecule has 19 heavy (non-hydrogen) atoms. The molecule has 0 aliphatic carbocycles.